The third-order valence-electron chi connectivity index (χ3n) is 2.96. The molecule has 0 radical (unpaired) electrons. The van der Waals surface area contributed by atoms with E-state index in [1.165, 1.54) is 24.1 Å². The Morgan fingerprint density at radius 3 is 2.81 bits per heavy atom. The zero-order valence-corrected chi connectivity index (χ0v) is 11.6. The fourth-order valence-corrected chi connectivity index (χ4v) is 3.08. The molecule has 1 N–H and O–H groups in total. The van der Waals surface area contributed by atoms with Crippen molar-refractivity contribution < 1.29 is 4.74 Å². The monoisotopic (exact) mass is 241 g/mol. The third-order valence-corrected chi connectivity index (χ3v) is 3.97. The van der Waals surface area contributed by atoms with Gasteiger partial charge in [0.15, 0.2) is 0 Å². The first kappa shape index (κ1) is 13.5. The number of rotatable bonds is 7. The maximum absolute atomic E-state index is 5.38. The van der Waals surface area contributed by atoms with Crippen LogP contribution < -0.4 is 10.1 Å². The van der Waals surface area contributed by atoms with E-state index in [1.807, 2.05) is 7.05 Å². The lowest BCUT2D eigenvalue weighted by atomic mass is 9.96. The minimum Gasteiger partial charge on any atom is -0.496 e. The second-order valence-corrected chi connectivity index (χ2v) is 5.27. The molecule has 0 aliphatic heterocycles. The van der Waals surface area contributed by atoms with Gasteiger partial charge in [-0.2, -0.15) is 0 Å². The molecule has 0 bridgehead atoms. The summed E-state index contributed by atoms with van der Waals surface area (Å²) in [6.45, 7) is 4.57. The zero-order chi connectivity index (χ0) is 12.0. The van der Waals surface area contributed by atoms with Gasteiger partial charge in [0.25, 0.3) is 0 Å². The number of hydrogen-bond donors (Lipinski definition) is 1. The van der Waals surface area contributed by atoms with Crippen molar-refractivity contribution >= 4 is 11.3 Å². The van der Waals surface area contributed by atoms with Crippen LogP contribution in [0.4, 0.5) is 0 Å². The van der Waals surface area contributed by atoms with Crippen molar-refractivity contribution in [3.05, 3.63) is 16.3 Å². The summed E-state index contributed by atoms with van der Waals surface area (Å²) in [6.07, 6.45) is 3.74. The largest absolute Gasteiger partial charge is 0.496 e. The van der Waals surface area contributed by atoms with Gasteiger partial charge in [0.2, 0.25) is 0 Å². The van der Waals surface area contributed by atoms with E-state index in [9.17, 15) is 0 Å². The van der Waals surface area contributed by atoms with Gasteiger partial charge < -0.3 is 10.1 Å². The Balaban J connectivity index is 2.66. The van der Waals surface area contributed by atoms with Gasteiger partial charge in [-0.3, -0.25) is 0 Å². The van der Waals surface area contributed by atoms with E-state index in [4.69, 9.17) is 4.74 Å². The molecule has 0 aliphatic carbocycles. The molecule has 16 heavy (non-hydrogen) atoms. The fraction of sp³-hybridized carbons (Fsp3) is 0.692. The van der Waals surface area contributed by atoms with E-state index < -0.39 is 0 Å². The first-order valence-electron chi connectivity index (χ1n) is 6.01. The van der Waals surface area contributed by atoms with E-state index in [0.717, 1.165) is 11.7 Å². The molecule has 2 atom stereocenters. The first-order chi connectivity index (χ1) is 7.72. The summed E-state index contributed by atoms with van der Waals surface area (Å²) in [5.74, 6) is 1.78. The van der Waals surface area contributed by atoms with Crippen LogP contribution in [0.25, 0.3) is 0 Å². The molecule has 3 heteroatoms. The molecule has 0 saturated heterocycles. The molecule has 1 rings (SSSR count). The predicted octanol–water partition coefficient (Wildman–Crippen LogP) is 3.84. The standard InChI is InChI=1S/C13H23NOS/c1-5-6-10(2)9-11(14-3)13-12(15-4)7-8-16-13/h7-8,10-11,14H,5-6,9H2,1-4H3. The normalized spacial score (nSPS) is 14.8. The quantitative estimate of drug-likeness (QED) is 0.783. The Labute approximate surface area is 103 Å². The summed E-state index contributed by atoms with van der Waals surface area (Å²) in [5, 5.41) is 5.50. The van der Waals surface area contributed by atoms with Crippen LogP contribution in [-0.2, 0) is 0 Å². The smallest absolute Gasteiger partial charge is 0.134 e. The summed E-state index contributed by atoms with van der Waals surface area (Å²) in [7, 11) is 3.77. The Morgan fingerprint density at radius 2 is 2.25 bits per heavy atom. The van der Waals surface area contributed by atoms with Crippen LogP contribution in [0.5, 0.6) is 5.75 Å². The highest BCUT2D eigenvalue weighted by Gasteiger charge is 2.18. The Morgan fingerprint density at radius 1 is 1.50 bits per heavy atom. The topological polar surface area (TPSA) is 21.3 Å². The molecule has 1 aromatic heterocycles. The van der Waals surface area contributed by atoms with Gasteiger partial charge in [0, 0.05) is 6.04 Å². The maximum Gasteiger partial charge on any atom is 0.134 e. The molecule has 2 nitrogen and oxygen atoms in total. The first-order valence-corrected chi connectivity index (χ1v) is 6.89. The second kappa shape index (κ2) is 6.92. The van der Waals surface area contributed by atoms with Crippen molar-refractivity contribution in [2.45, 2.75) is 39.2 Å². The molecule has 1 aromatic rings. The van der Waals surface area contributed by atoms with Crippen LogP contribution in [0.1, 0.15) is 44.0 Å². The molecule has 1 heterocycles. The SMILES string of the molecule is CCCC(C)CC(NC)c1sccc1OC. The van der Waals surface area contributed by atoms with Gasteiger partial charge in [-0.25, -0.2) is 0 Å². The average Bonchev–Trinajstić information content (AvgIpc) is 2.74. The van der Waals surface area contributed by atoms with Crippen LogP contribution in [0.2, 0.25) is 0 Å². The van der Waals surface area contributed by atoms with E-state index >= 15 is 0 Å². The highest BCUT2D eigenvalue weighted by molar-refractivity contribution is 7.10. The number of hydrogen-bond acceptors (Lipinski definition) is 3. The summed E-state index contributed by atoms with van der Waals surface area (Å²) in [6, 6.07) is 2.48. The average molecular weight is 241 g/mol. The lowest BCUT2D eigenvalue weighted by Crippen LogP contribution is -2.18. The van der Waals surface area contributed by atoms with Gasteiger partial charge in [0.1, 0.15) is 5.75 Å². The van der Waals surface area contributed by atoms with Crippen LogP contribution in [0.15, 0.2) is 11.4 Å². The summed E-state index contributed by atoms with van der Waals surface area (Å²) < 4.78 is 5.38. The van der Waals surface area contributed by atoms with E-state index in [0.29, 0.717) is 6.04 Å². The van der Waals surface area contributed by atoms with Gasteiger partial charge in [-0.05, 0) is 30.8 Å². The number of thiophene rings is 1. The molecular formula is C13H23NOS. The van der Waals surface area contributed by atoms with E-state index in [-0.39, 0.29) is 0 Å². The third kappa shape index (κ3) is 3.49. The molecule has 0 fully saturated rings. The van der Waals surface area contributed by atoms with Crippen molar-refractivity contribution in [3.63, 3.8) is 0 Å². The van der Waals surface area contributed by atoms with Gasteiger partial charge in [0.05, 0.1) is 12.0 Å². The van der Waals surface area contributed by atoms with Crippen LogP contribution in [0.3, 0.4) is 0 Å². The lowest BCUT2D eigenvalue weighted by molar-refractivity contribution is 0.380. The van der Waals surface area contributed by atoms with Crippen LogP contribution in [0, 0.1) is 5.92 Å². The number of nitrogens with one attached hydrogen (secondary N) is 1. The van der Waals surface area contributed by atoms with E-state index in [2.05, 4.69) is 30.6 Å². The molecule has 92 valence electrons. The molecule has 2 unspecified atom stereocenters. The van der Waals surface area contributed by atoms with Crippen molar-refractivity contribution in [2.75, 3.05) is 14.2 Å². The van der Waals surface area contributed by atoms with E-state index in [1.54, 1.807) is 18.4 Å². The predicted molar refractivity (Wildman–Crippen MR) is 71.4 cm³/mol. The maximum atomic E-state index is 5.38. The minimum absolute atomic E-state index is 0.427. The molecule has 0 spiro atoms. The van der Waals surface area contributed by atoms with Crippen molar-refractivity contribution in [3.8, 4) is 5.75 Å². The van der Waals surface area contributed by atoms with Crippen LogP contribution >= 0.6 is 11.3 Å². The number of ether oxygens (including phenoxy) is 1. The molecular weight excluding hydrogens is 218 g/mol. The lowest BCUT2D eigenvalue weighted by Gasteiger charge is -2.20. The highest BCUT2D eigenvalue weighted by Crippen LogP contribution is 2.34. The summed E-state index contributed by atoms with van der Waals surface area (Å²) >= 11 is 1.78. The Bertz CT molecular complexity index is 298. The summed E-state index contributed by atoms with van der Waals surface area (Å²) in [5.41, 5.74) is 0. The van der Waals surface area contributed by atoms with Crippen molar-refractivity contribution in [2.24, 2.45) is 5.92 Å². The molecule has 0 aliphatic rings. The molecule has 0 saturated carbocycles. The van der Waals surface area contributed by atoms with Gasteiger partial charge in [-0.15, -0.1) is 11.3 Å². The summed E-state index contributed by atoms with van der Waals surface area (Å²) in [4.78, 5) is 1.33. The van der Waals surface area contributed by atoms with Crippen LogP contribution in [-0.4, -0.2) is 14.2 Å². The van der Waals surface area contributed by atoms with Gasteiger partial charge >= 0.3 is 0 Å². The zero-order valence-electron chi connectivity index (χ0n) is 10.7. The molecule has 0 aromatic carbocycles. The Kier molecular flexibility index (Phi) is 5.85. The highest BCUT2D eigenvalue weighted by atomic mass is 32.1. The number of methoxy groups -OCH3 is 1. The Hall–Kier alpha value is -0.540. The second-order valence-electron chi connectivity index (χ2n) is 4.32. The molecule has 0 amide bonds. The van der Waals surface area contributed by atoms with Gasteiger partial charge in [-0.1, -0.05) is 26.7 Å². The fourth-order valence-electron chi connectivity index (χ4n) is 2.10. The minimum atomic E-state index is 0.427. The van der Waals surface area contributed by atoms with Crippen molar-refractivity contribution in [1.82, 2.24) is 5.32 Å². The van der Waals surface area contributed by atoms with Crippen molar-refractivity contribution in [1.29, 1.82) is 0 Å².